The number of methoxy groups -OCH3 is 2. The van der Waals surface area contributed by atoms with Crippen molar-refractivity contribution in [1.82, 2.24) is 5.32 Å². The van der Waals surface area contributed by atoms with Crippen LogP contribution in [0.1, 0.15) is 13.8 Å². The summed E-state index contributed by atoms with van der Waals surface area (Å²) in [7, 11) is 3.23. The van der Waals surface area contributed by atoms with Gasteiger partial charge < -0.3 is 9.47 Å². The molecule has 62 valence electrons. The second-order valence-corrected chi connectivity index (χ2v) is 2.61. The van der Waals surface area contributed by atoms with Crippen LogP contribution in [0.3, 0.4) is 0 Å². The Balaban J connectivity index is 3.26. The Hall–Kier alpha value is -0.120. The molecule has 0 radical (unpaired) electrons. The lowest BCUT2D eigenvalue weighted by molar-refractivity contribution is -0.124. The largest absolute Gasteiger partial charge is 0.343 e. The molecule has 0 fully saturated rings. The van der Waals surface area contributed by atoms with Gasteiger partial charge in [-0.2, -0.15) is 0 Å². The van der Waals surface area contributed by atoms with Gasteiger partial charge in [0.2, 0.25) is 6.41 Å². The van der Waals surface area contributed by atoms with Crippen molar-refractivity contribution in [3.63, 3.8) is 0 Å². The molecule has 0 unspecified atom stereocenters. The minimum Gasteiger partial charge on any atom is -0.343 e. The molecule has 3 nitrogen and oxygen atoms in total. The van der Waals surface area contributed by atoms with Gasteiger partial charge in [-0.3, -0.25) is 5.32 Å². The van der Waals surface area contributed by atoms with E-state index >= 15 is 0 Å². The summed E-state index contributed by atoms with van der Waals surface area (Å²) in [6, 6.07) is 0. The predicted molar refractivity (Wildman–Crippen MR) is 40.6 cm³/mol. The first-order chi connectivity index (χ1) is 4.70. The molecular weight excluding hydrogens is 130 g/mol. The van der Waals surface area contributed by atoms with Crippen LogP contribution >= 0.6 is 0 Å². The predicted octanol–water partition coefficient (Wildman–Crippen LogP) is 0.808. The quantitative estimate of drug-likeness (QED) is 0.584. The molecule has 0 aromatic heterocycles. The summed E-state index contributed by atoms with van der Waals surface area (Å²) in [5.74, 6) is 0.618. The summed E-state index contributed by atoms with van der Waals surface area (Å²) in [5.41, 5.74) is 0. The number of nitrogens with one attached hydrogen (secondary N) is 1. The van der Waals surface area contributed by atoms with Gasteiger partial charge >= 0.3 is 0 Å². The zero-order valence-corrected chi connectivity index (χ0v) is 7.18. The first-order valence-electron chi connectivity index (χ1n) is 3.49. The third-order valence-corrected chi connectivity index (χ3v) is 1.12. The molecular formula is C7H17NO2. The molecule has 0 heterocycles. The fraction of sp³-hybridized carbons (Fsp3) is 1.00. The topological polar surface area (TPSA) is 30.5 Å². The van der Waals surface area contributed by atoms with Crippen LogP contribution in [0.15, 0.2) is 0 Å². The Morgan fingerprint density at radius 1 is 1.20 bits per heavy atom. The van der Waals surface area contributed by atoms with E-state index < -0.39 is 0 Å². The number of hydrogen-bond donors (Lipinski definition) is 1. The number of ether oxygens (including phenoxy) is 2. The van der Waals surface area contributed by atoms with Crippen LogP contribution in [0.2, 0.25) is 0 Å². The normalized spacial score (nSPS) is 11.4. The van der Waals surface area contributed by atoms with E-state index in [0.29, 0.717) is 5.92 Å². The zero-order chi connectivity index (χ0) is 7.98. The van der Waals surface area contributed by atoms with Gasteiger partial charge in [0.05, 0.1) is 0 Å². The van der Waals surface area contributed by atoms with Gasteiger partial charge in [0.25, 0.3) is 0 Å². The third kappa shape index (κ3) is 4.73. The monoisotopic (exact) mass is 147 g/mol. The molecule has 0 aromatic rings. The summed E-state index contributed by atoms with van der Waals surface area (Å²) in [4.78, 5) is 0. The average Bonchev–Trinajstić information content (AvgIpc) is 1.90. The van der Waals surface area contributed by atoms with Crippen molar-refractivity contribution >= 4 is 0 Å². The standard InChI is InChI=1S/C7H17NO2/c1-6(2)5-8-7(9-3)10-4/h6-8H,5H2,1-4H3. The van der Waals surface area contributed by atoms with Gasteiger partial charge in [-0.15, -0.1) is 0 Å². The molecule has 0 bridgehead atoms. The van der Waals surface area contributed by atoms with E-state index in [9.17, 15) is 0 Å². The van der Waals surface area contributed by atoms with Gasteiger partial charge in [0.1, 0.15) is 0 Å². The van der Waals surface area contributed by atoms with Crippen LogP contribution < -0.4 is 5.32 Å². The van der Waals surface area contributed by atoms with Crippen LogP contribution in [0.4, 0.5) is 0 Å². The number of rotatable bonds is 5. The first-order valence-corrected chi connectivity index (χ1v) is 3.49. The molecule has 0 amide bonds. The highest BCUT2D eigenvalue weighted by atomic mass is 16.7. The van der Waals surface area contributed by atoms with Gasteiger partial charge in [0, 0.05) is 20.8 Å². The van der Waals surface area contributed by atoms with Crippen LogP contribution in [0, 0.1) is 5.92 Å². The first kappa shape index (κ1) is 9.88. The molecule has 10 heavy (non-hydrogen) atoms. The molecule has 0 atom stereocenters. The third-order valence-electron chi connectivity index (χ3n) is 1.12. The summed E-state index contributed by atoms with van der Waals surface area (Å²) in [5, 5.41) is 3.07. The highest BCUT2D eigenvalue weighted by Crippen LogP contribution is 1.90. The molecule has 0 saturated carbocycles. The van der Waals surface area contributed by atoms with Gasteiger partial charge in [-0.25, -0.2) is 0 Å². The minimum atomic E-state index is -0.262. The van der Waals surface area contributed by atoms with Crippen molar-refractivity contribution in [2.24, 2.45) is 5.92 Å². The summed E-state index contributed by atoms with van der Waals surface area (Å²) < 4.78 is 9.83. The van der Waals surface area contributed by atoms with Gasteiger partial charge in [-0.1, -0.05) is 13.8 Å². The Morgan fingerprint density at radius 3 is 2.00 bits per heavy atom. The van der Waals surface area contributed by atoms with Crippen LogP contribution in [-0.4, -0.2) is 27.2 Å². The summed E-state index contributed by atoms with van der Waals surface area (Å²) in [6.07, 6.45) is -0.262. The molecule has 0 saturated heterocycles. The molecule has 0 aliphatic rings. The van der Waals surface area contributed by atoms with E-state index in [1.165, 1.54) is 0 Å². The van der Waals surface area contributed by atoms with Crippen molar-refractivity contribution in [2.75, 3.05) is 20.8 Å². The Bertz CT molecular complexity index is 72.0. The van der Waals surface area contributed by atoms with Crippen LogP contribution in [-0.2, 0) is 9.47 Å². The lowest BCUT2D eigenvalue weighted by atomic mass is 10.2. The molecule has 0 spiro atoms. The van der Waals surface area contributed by atoms with E-state index in [4.69, 9.17) is 9.47 Å². The van der Waals surface area contributed by atoms with E-state index in [2.05, 4.69) is 19.2 Å². The smallest absolute Gasteiger partial charge is 0.215 e. The second-order valence-electron chi connectivity index (χ2n) is 2.61. The van der Waals surface area contributed by atoms with Crippen molar-refractivity contribution in [3.8, 4) is 0 Å². The molecule has 0 aromatic carbocycles. The van der Waals surface area contributed by atoms with E-state index in [1.54, 1.807) is 14.2 Å². The van der Waals surface area contributed by atoms with Crippen molar-refractivity contribution in [2.45, 2.75) is 20.3 Å². The molecule has 0 aliphatic heterocycles. The molecule has 0 aliphatic carbocycles. The molecule has 3 heteroatoms. The van der Waals surface area contributed by atoms with E-state index in [-0.39, 0.29) is 6.41 Å². The highest BCUT2D eigenvalue weighted by molar-refractivity contribution is 4.48. The van der Waals surface area contributed by atoms with Crippen molar-refractivity contribution < 1.29 is 9.47 Å². The Labute approximate surface area is 62.7 Å². The maximum atomic E-state index is 4.92. The SMILES string of the molecule is COC(NCC(C)C)OC. The zero-order valence-electron chi connectivity index (χ0n) is 7.18. The van der Waals surface area contributed by atoms with E-state index in [0.717, 1.165) is 6.54 Å². The van der Waals surface area contributed by atoms with E-state index in [1.807, 2.05) is 0 Å². The van der Waals surface area contributed by atoms with Crippen LogP contribution in [0.25, 0.3) is 0 Å². The summed E-state index contributed by atoms with van der Waals surface area (Å²) in [6.45, 7) is 5.18. The fourth-order valence-corrected chi connectivity index (χ4v) is 0.595. The maximum Gasteiger partial charge on any atom is 0.215 e. The second kappa shape index (κ2) is 5.65. The van der Waals surface area contributed by atoms with Crippen molar-refractivity contribution in [1.29, 1.82) is 0 Å². The molecule has 0 rings (SSSR count). The van der Waals surface area contributed by atoms with Gasteiger partial charge in [0.15, 0.2) is 0 Å². The number of hydrogen-bond acceptors (Lipinski definition) is 3. The van der Waals surface area contributed by atoms with Crippen LogP contribution in [0.5, 0.6) is 0 Å². The summed E-state index contributed by atoms with van der Waals surface area (Å²) >= 11 is 0. The Kier molecular flexibility index (Phi) is 5.58. The van der Waals surface area contributed by atoms with Crippen molar-refractivity contribution in [3.05, 3.63) is 0 Å². The lowest BCUT2D eigenvalue weighted by Crippen LogP contribution is -2.34. The fourth-order valence-electron chi connectivity index (χ4n) is 0.595. The minimum absolute atomic E-state index is 0.262. The van der Waals surface area contributed by atoms with Gasteiger partial charge in [-0.05, 0) is 5.92 Å². The average molecular weight is 147 g/mol. The maximum absolute atomic E-state index is 4.92. The molecule has 1 N–H and O–H groups in total. The lowest BCUT2D eigenvalue weighted by Gasteiger charge is -2.15. The Morgan fingerprint density at radius 2 is 1.70 bits per heavy atom. The highest BCUT2D eigenvalue weighted by Gasteiger charge is 2.02.